The fraction of sp³-hybridized carbons (Fsp3) is 0.304. The minimum Gasteiger partial charge on any atom is -0.440 e. The number of benzene rings is 2. The molecular weight excluding hydrogens is 415 g/mol. The molecule has 0 spiro atoms. The lowest BCUT2D eigenvalue weighted by molar-refractivity contribution is -0.118. The molecule has 0 aliphatic rings. The van der Waals surface area contributed by atoms with Gasteiger partial charge in [-0.05, 0) is 13.8 Å². The third-order valence-electron chi connectivity index (χ3n) is 4.40. The van der Waals surface area contributed by atoms with Crippen LogP contribution in [0.2, 0.25) is 0 Å². The van der Waals surface area contributed by atoms with Crippen LogP contribution in [0.5, 0.6) is 0 Å². The molecule has 0 radical (unpaired) electrons. The van der Waals surface area contributed by atoms with E-state index in [-0.39, 0.29) is 19.4 Å². The molecule has 0 unspecified atom stereocenters. The van der Waals surface area contributed by atoms with Crippen molar-refractivity contribution in [3.8, 4) is 22.6 Å². The smallest absolute Gasteiger partial charge is 0.340 e. The summed E-state index contributed by atoms with van der Waals surface area (Å²) in [6.45, 7) is 4.14. The number of hydrogen-bond donors (Lipinski definition) is 1. The van der Waals surface area contributed by atoms with Gasteiger partial charge in [-0.2, -0.15) is 0 Å². The number of hydrogen-bond acceptors (Lipinski definition) is 6. The summed E-state index contributed by atoms with van der Waals surface area (Å²) in [4.78, 5) is 16.9. The fourth-order valence-electron chi connectivity index (χ4n) is 3.11. The topological polar surface area (TPSA) is 90.7 Å². The second-order valence-electron chi connectivity index (χ2n) is 6.72. The van der Waals surface area contributed by atoms with Gasteiger partial charge in [-0.1, -0.05) is 60.7 Å². The predicted octanol–water partition coefficient (Wildman–Crippen LogP) is 4.93. The van der Waals surface area contributed by atoms with Gasteiger partial charge in [-0.15, -0.1) is 0 Å². The quantitative estimate of drug-likeness (QED) is 0.423. The molecule has 31 heavy (non-hydrogen) atoms. The number of carbonyl (C=O) groups is 1. The molecule has 0 fully saturated rings. The van der Waals surface area contributed by atoms with E-state index in [0.717, 1.165) is 16.8 Å². The Morgan fingerprint density at radius 3 is 2.13 bits per heavy atom. The molecule has 1 amide bonds. The molecular formula is C23H27N2O5P. The van der Waals surface area contributed by atoms with Gasteiger partial charge < -0.3 is 18.8 Å². The summed E-state index contributed by atoms with van der Waals surface area (Å²) in [6.07, 6.45) is 0.0801. The van der Waals surface area contributed by atoms with Gasteiger partial charge in [0.15, 0.2) is 11.7 Å². The molecule has 0 aliphatic carbocycles. The van der Waals surface area contributed by atoms with Crippen molar-refractivity contribution in [2.24, 2.45) is 0 Å². The molecule has 1 heterocycles. The number of amides is 1. The normalized spacial score (nSPS) is 11.4. The maximum atomic E-state index is 12.5. The van der Waals surface area contributed by atoms with Crippen molar-refractivity contribution in [3.63, 3.8) is 0 Å². The van der Waals surface area contributed by atoms with Crippen LogP contribution in [0.3, 0.4) is 0 Å². The van der Waals surface area contributed by atoms with Gasteiger partial charge in [0.1, 0.15) is 11.9 Å². The molecule has 3 rings (SSSR count). The van der Waals surface area contributed by atoms with Gasteiger partial charge in [0.05, 0.1) is 13.2 Å². The van der Waals surface area contributed by atoms with Crippen molar-refractivity contribution in [3.05, 3.63) is 66.6 Å². The monoisotopic (exact) mass is 442 g/mol. The van der Waals surface area contributed by atoms with E-state index in [2.05, 4.69) is 10.3 Å². The third-order valence-corrected chi connectivity index (χ3v) is 6.38. The maximum Gasteiger partial charge on any atom is 0.340 e. The van der Waals surface area contributed by atoms with Crippen LogP contribution < -0.4 is 5.32 Å². The zero-order valence-corrected chi connectivity index (χ0v) is 18.6. The molecule has 0 saturated carbocycles. The van der Waals surface area contributed by atoms with Crippen molar-refractivity contribution in [1.82, 2.24) is 10.3 Å². The SMILES string of the molecule is CCOP(=O)(CC(=O)NCCc1nc(-c2ccccc2)c(-c2ccccc2)o1)OCC. The number of oxazole rings is 1. The number of rotatable bonds is 11. The van der Waals surface area contributed by atoms with Crippen LogP contribution >= 0.6 is 7.60 Å². The highest BCUT2D eigenvalue weighted by Gasteiger charge is 2.27. The minimum absolute atomic E-state index is 0.214. The Labute approximate surface area is 182 Å². The molecule has 7 nitrogen and oxygen atoms in total. The van der Waals surface area contributed by atoms with Gasteiger partial charge in [0, 0.05) is 24.1 Å². The lowest BCUT2D eigenvalue weighted by atomic mass is 10.1. The largest absolute Gasteiger partial charge is 0.440 e. The summed E-state index contributed by atoms with van der Waals surface area (Å²) < 4.78 is 28.9. The average Bonchev–Trinajstić information content (AvgIpc) is 3.19. The highest BCUT2D eigenvalue weighted by Crippen LogP contribution is 2.47. The Kier molecular flexibility index (Phi) is 8.18. The van der Waals surface area contributed by atoms with Crippen molar-refractivity contribution in [2.45, 2.75) is 20.3 Å². The molecule has 8 heteroatoms. The Balaban J connectivity index is 1.69. The first kappa shape index (κ1) is 22.9. The highest BCUT2D eigenvalue weighted by molar-refractivity contribution is 7.54. The first-order valence-electron chi connectivity index (χ1n) is 10.3. The summed E-state index contributed by atoms with van der Waals surface area (Å²) in [6, 6.07) is 19.6. The van der Waals surface area contributed by atoms with E-state index < -0.39 is 13.5 Å². The Hall–Kier alpha value is -2.73. The standard InChI is InChI=1S/C23H27N2O5P/c1-3-28-31(27,29-4-2)17-20(26)24-16-15-21-25-22(18-11-7-5-8-12-18)23(30-21)19-13-9-6-10-14-19/h5-14H,3-4,15-17H2,1-2H3,(H,24,26). The summed E-state index contributed by atoms with van der Waals surface area (Å²) in [5.74, 6) is 0.796. The van der Waals surface area contributed by atoms with E-state index in [0.29, 0.717) is 24.6 Å². The van der Waals surface area contributed by atoms with Crippen LogP contribution in [0.1, 0.15) is 19.7 Å². The molecule has 0 atom stereocenters. The maximum absolute atomic E-state index is 12.5. The summed E-state index contributed by atoms with van der Waals surface area (Å²) in [5.41, 5.74) is 2.64. The number of nitrogens with one attached hydrogen (secondary N) is 1. The molecule has 0 bridgehead atoms. The number of carbonyl (C=O) groups excluding carboxylic acids is 1. The zero-order valence-electron chi connectivity index (χ0n) is 17.7. The van der Waals surface area contributed by atoms with Gasteiger partial charge >= 0.3 is 7.60 Å². The lowest BCUT2D eigenvalue weighted by Crippen LogP contribution is -2.29. The zero-order chi connectivity index (χ0) is 22.1. The minimum atomic E-state index is -3.42. The Morgan fingerprint density at radius 1 is 0.968 bits per heavy atom. The number of nitrogens with zero attached hydrogens (tertiary/aromatic N) is 1. The van der Waals surface area contributed by atoms with E-state index in [4.69, 9.17) is 13.5 Å². The van der Waals surface area contributed by atoms with Crippen LogP contribution in [-0.4, -0.2) is 36.8 Å². The van der Waals surface area contributed by atoms with Crippen molar-refractivity contribution < 1.29 is 22.8 Å². The Bertz CT molecular complexity index is 954. The molecule has 1 aromatic heterocycles. The first-order valence-corrected chi connectivity index (χ1v) is 12.0. The van der Waals surface area contributed by atoms with Crippen LogP contribution in [0.4, 0.5) is 0 Å². The molecule has 0 aliphatic heterocycles. The molecule has 1 N–H and O–H groups in total. The second kappa shape index (κ2) is 11.0. The van der Waals surface area contributed by atoms with Gasteiger partial charge in [-0.3, -0.25) is 9.36 Å². The molecule has 2 aromatic carbocycles. The van der Waals surface area contributed by atoms with Crippen molar-refractivity contribution in [2.75, 3.05) is 25.9 Å². The summed E-state index contributed by atoms with van der Waals surface area (Å²) in [7, 11) is -3.42. The number of aromatic nitrogens is 1. The third kappa shape index (κ3) is 6.37. The van der Waals surface area contributed by atoms with Gasteiger partial charge in [-0.25, -0.2) is 4.98 Å². The average molecular weight is 442 g/mol. The van der Waals surface area contributed by atoms with Crippen LogP contribution in [-0.2, 0) is 24.8 Å². The fourth-order valence-corrected chi connectivity index (χ4v) is 4.62. The van der Waals surface area contributed by atoms with E-state index in [1.165, 1.54) is 0 Å². The van der Waals surface area contributed by atoms with E-state index in [1.807, 2.05) is 60.7 Å². The van der Waals surface area contributed by atoms with Gasteiger partial charge in [0.2, 0.25) is 5.91 Å². The van der Waals surface area contributed by atoms with E-state index in [1.54, 1.807) is 13.8 Å². The van der Waals surface area contributed by atoms with Crippen LogP contribution in [0.15, 0.2) is 65.1 Å². The summed E-state index contributed by atoms with van der Waals surface area (Å²) in [5, 5.41) is 2.74. The van der Waals surface area contributed by atoms with E-state index in [9.17, 15) is 9.36 Å². The van der Waals surface area contributed by atoms with E-state index >= 15 is 0 Å². The van der Waals surface area contributed by atoms with Gasteiger partial charge in [0.25, 0.3) is 0 Å². The van der Waals surface area contributed by atoms with Crippen molar-refractivity contribution in [1.29, 1.82) is 0 Å². The second-order valence-corrected chi connectivity index (χ2v) is 8.78. The highest BCUT2D eigenvalue weighted by atomic mass is 31.2. The molecule has 0 saturated heterocycles. The van der Waals surface area contributed by atoms with Crippen LogP contribution in [0.25, 0.3) is 22.6 Å². The predicted molar refractivity (Wildman–Crippen MR) is 120 cm³/mol. The molecule has 3 aromatic rings. The van der Waals surface area contributed by atoms with Crippen molar-refractivity contribution >= 4 is 13.5 Å². The first-order chi connectivity index (χ1) is 15.0. The van der Waals surface area contributed by atoms with Crippen LogP contribution in [0, 0.1) is 0 Å². The Morgan fingerprint density at radius 2 is 1.55 bits per heavy atom. The molecule has 164 valence electrons. The summed E-state index contributed by atoms with van der Waals surface area (Å²) >= 11 is 0. The lowest BCUT2D eigenvalue weighted by Gasteiger charge is -2.16.